The van der Waals surface area contributed by atoms with Crippen molar-refractivity contribution in [3.05, 3.63) is 0 Å². The molecule has 0 aromatic heterocycles. The Bertz CT molecular complexity index is 417. The molecule has 0 bridgehead atoms. The molecular formula is C11H19NO5S. The summed E-state index contributed by atoms with van der Waals surface area (Å²) in [5.74, 6) is -1.62. The van der Waals surface area contributed by atoms with Gasteiger partial charge in [0.15, 0.2) is 0 Å². The fourth-order valence-electron chi connectivity index (χ4n) is 2.13. The van der Waals surface area contributed by atoms with Gasteiger partial charge in [-0.05, 0) is 25.7 Å². The average molecular weight is 277 g/mol. The fourth-order valence-corrected chi connectivity index (χ4v) is 2.80. The maximum Gasteiger partial charge on any atom is 0.306 e. The molecule has 0 spiro atoms. The van der Waals surface area contributed by atoms with Crippen molar-refractivity contribution in [3.63, 3.8) is 0 Å². The van der Waals surface area contributed by atoms with Gasteiger partial charge in [0.05, 0.1) is 11.7 Å². The molecule has 0 aromatic carbocycles. The van der Waals surface area contributed by atoms with Gasteiger partial charge in [-0.3, -0.25) is 9.59 Å². The van der Waals surface area contributed by atoms with E-state index in [0.717, 1.165) is 6.26 Å². The Hall–Kier alpha value is -1.11. The standard InChI is InChI=1S/C11H19NO5S/c1-18(16,17)6-2-5-12-10(13)8-3-4-9(7-8)11(14)15/h8-9H,2-7H2,1H3,(H,12,13)(H,14,15)/t8-,9+/m1/s1. The predicted molar refractivity (Wildman–Crippen MR) is 65.8 cm³/mol. The number of carbonyl (C=O) groups excluding carboxylic acids is 1. The van der Waals surface area contributed by atoms with Crippen molar-refractivity contribution in [3.8, 4) is 0 Å². The Labute approximate surface area is 107 Å². The molecule has 0 aromatic rings. The monoisotopic (exact) mass is 277 g/mol. The molecule has 1 fully saturated rings. The van der Waals surface area contributed by atoms with Gasteiger partial charge in [-0.25, -0.2) is 8.42 Å². The van der Waals surface area contributed by atoms with Gasteiger partial charge in [-0.15, -0.1) is 0 Å². The molecule has 0 saturated heterocycles. The first kappa shape index (κ1) is 14.9. The highest BCUT2D eigenvalue weighted by atomic mass is 32.2. The minimum atomic E-state index is -2.99. The number of rotatable bonds is 6. The van der Waals surface area contributed by atoms with Crippen LogP contribution in [0.5, 0.6) is 0 Å². The van der Waals surface area contributed by atoms with Crippen LogP contribution in [0.1, 0.15) is 25.7 Å². The second-order valence-corrected chi connectivity index (χ2v) is 7.08. The van der Waals surface area contributed by atoms with Gasteiger partial charge in [-0.1, -0.05) is 0 Å². The van der Waals surface area contributed by atoms with Gasteiger partial charge >= 0.3 is 5.97 Å². The normalized spacial score (nSPS) is 23.8. The van der Waals surface area contributed by atoms with Gasteiger partial charge in [0.25, 0.3) is 0 Å². The van der Waals surface area contributed by atoms with Crippen LogP contribution < -0.4 is 5.32 Å². The zero-order chi connectivity index (χ0) is 13.8. The van der Waals surface area contributed by atoms with Crippen LogP contribution in [0.2, 0.25) is 0 Å². The van der Waals surface area contributed by atoms with Crippen molar-refractivity contribution in [2.45, 2.75) is 25.7 Å². The number of carbonyl (C=O) groups is 2. The van der Waals surface area contributed by atoms with Gasteiger partial charge in [0, 0.05) is 18.7 Å². The minimum Gasteiger partial charge on any atom is -0.481 e. The zero-order valence-electron chi connectivity index (χ0n) is 10.4. The SMILES string of the molecule is CS(=O)(=O)CCCNC(=O)[C@@H]1CC[C@H](C(=O)O)C1. The smallest absolute Gasteiger partial charge is 0.306 e. The third-order valence-corrected chi connectivity index (χ3v) is 4.17. The van der Waals surface area contributed by atoms with Crippen LogP contribution in [-0.4, -0.2) is 44.0 Å². The van der Waals surface area contributed by atoms with Crippen molar-refractivity contribution < 1.29 is 23.1 Å². The van der Waals surface area contributed by atoms with Crippen molar-refractivity contribution in [1.29, 1.82) is 0 Å². The van der Waals surface area contributed by atoms with Crippen molar-refractivity contribution in [2.75, 3.05) is 18.6 Å². The van der Waals surface area contributed by atoms with Crippen LogP contribution in [0.25, 0.3) is 0 Å². The van der Waals surface area contributed by atoms with E-state index in [0.29, 0.717) is 32.2 Å². The van der Waals surface area contributed by atoms with Crippen molar-refractivity contribution in [1.82, 2.24) is 5.32 Å². The van der Waals surface area contributed by atoms with Gasteiger partial charge in [0.2, 0.25) is 5.91 Å². The van der Waals surface area contributed by atoms with Gasteiger partial charge < -0.3 is 10.4 Å². The molecule has 6 nitrogen and oxygen atoms in total. The molecule has 0 radical (unpaired) electrons. The maximum atomic E-state index is 11.7. The molecule has 0 unspecified atom stereocenters. The van der Waals surface area contributed by atoms with E-state index in [-0.39, 0.29) is 17.6 Å². The molecule has 1 saturated carbocycles. The number of hydrogen-bond acceptors (Lipinski definition) is 4. The van der Waals surface area contributed by atoms with Crippen molar-refractivity contribution >= 4 is 21.7 Å². The number of sulfone groups is 1. The maximum absolute atomic E-state index is 11.7. The highest BCUT2D eigenvalue weighted by Crippen LogP contribution is 2.30. The summed E-state index contributed by atoms with van der Waals surface area (Å²) < 4.78 is 21.7. The summed E-state index contributed by atoms with van der Waals surface area (Å²) >= 11 is 0. The lowest BCUT2D eigenvalue weighted by atomic mass is 10.0. The van der Waals surface area contributed by atoms with Crippen LogP contribution in [0.15, 0.2) is 0 Å². The van der Waals surface area contributed by atoms with E-state index in [4.69, 9.17) is 5.11 Å². The Balaban J connectivity index is 2.24. The highest BCUT2D eigenvalue weighted by molar-refractivity contribution is 7.90. The first-order valence-electron chi connectivity index (χ1n) is 5.98. The van der Waals surface area contributed by atoms with Gasteiger partial charge in [0.1, 0.15) is 9.84 Å². The fraction of sp³-hybridized carbons (Fsp3) is 0.818. The number of aliphatic carboxylic acids is 1. The Morgan fingerprint density at radius 2 is 1.89 bits per heavy atom. The quantitative estimate of drug-likeness (QED) is 0.667. The van der Waals surface area contributed by atoms with Crippen LogP contribution in [0.3, 0.4) is 0 Å². The second-order valence-electron chi connectivity index (χ2n) is 4.82. The van der Waals surface area contributed by atoms with Crippen LogP contribution in [-0.2, 0) is 19.4 Å². The molecule has 0 heterocycles. The Kier molecular flexibility index (Phi) is 5.13. The largest absolute Gasteiger partial charge is 0.481 e. The summed E-state index contributed by atoms with van der Waals surface area (Å²) in [6.45, 7) is 0.320. The Morgan fingerprint density at radius 1 is 1.28 bits per heavy atom. The molecular weight excluding hydrogens is 258 g/mol. The molecule has 104 valence electrons. The number of amides is 1. The lowest BCUT2D eigenvalue weighted by molar-refractivity contribution is -0.141. The third-order valence-electron chi connectivity index (χ3n) is 3.14. The van der Waals surface area contributed by atoms with Crippen LogP contribution in [0.4, 0.5) is 0 Å². The predicted octanol–water partition coefficient (Wildman–Crippen LogP) is 0.0382. The van der Waals surface area contributed by atoms with Crippen molar-refractivity contribution in [2.24, 2.45) is 11.8 Å². The molecule has 2 N–H and O–H groups in total. The van der Waals surface area contributed by atoms with E-state index < -0.39 is 21.7 Å². The first-order valence-corrected chi connectivity index (χ1v) is 8.04. The number of hydrogen-bond donors (Lipinski definition) is 2. The topological polar surface area (TPSA) is 101 Å². The van der Waals surface area contributed by atoms with Crippen LogP contribution >= 0.6 is 0 Å². The summed E-state index contributed by atoms with van der Waals surface area (Å²) in [6, 6.07) is 0. The third kappa shape index (κ3) is 5.03. The number of carboxylic acids is 1. The lowest BCUT2D eigenvalue weighted by Gasteiger charge is -2.10. The lowest BCUT2D eigenvalue weighted by Crippen LogP contribution is -2.31. The molecule has 0 aliphatic heterocycles. The van der Waals surface area contributed by atoms with E-state index >= 15 is 0 Å². The number of carboxylic acid groups (broad SMARTS) is 1. The summed E-state index contributed by atoms with van der Waals surface area (Å²) in [6.07, 6.45) is 3.06. The van der Waals surface area contributed by atoms with E-state index in [1.54, 1.807) is 0 Å². The average Bonchev–Trinajstić information content (AvgIpc) is 2.72. The van der Waals surface area contributed by atoms with E-state index in [1.165, 1.54) is 0 Å². The molecule has 1 aliphatic carbocycles. The van der Waals surface area contributed by atoms with E-state index in [9.17, 15) is 18.0 Å². The summed E-state index contributed by atoms with van der Waals surface area (Å²) in [4.78, 5) is 22.4. The van der Waals surface area contributed by atoms with E-state index in [2.05, 4.69) is 5.32 Å². The zero-order valence-corrected chi connectivity index (χ0v) is 11.2. The van der Waals surface area contributed by atoms with E-state index in [1.807, 2.05) is 0 Å². The highest BCUT2D eigenvalue weighted by Gasteiger charge is 2.33. The second kappa shape index (κ2) is 6.17. The summed E-state index contributed by atoms with van der Waals surface area (Å²) in [5.41, 5.74) is 0. The first-order chi connectivity index (χ1) is 8.29. The molecule has 1 rings (SSSR count). The summed E-state index contributed by atoms with van der Waals surface area (Å²) in [7, 11) is -2.99. The number of nitrogens with one attached hydrogen (secondary N) is 1. The van der Waals surface area contributed by atoms with Gasteiger partial charge in [-0.2, -0.15) is 0 Å². The molecule has 1 amide bonds. The minimum absolute atomic E-state index is 0.0513. The summed E-state index contributed by atoms with van der Waals surface area (Å²) in [5, 5.41) is 11.5. The van der Waals surface area contributed by atoms with Crippen LogP contribution in [0, 0.1) is 11.8 Å². The molecule has 1 aliphatic rings. The Morgan fingerprint density at radius 3 is 2.39 bits per heavy atom. The molecule has 2 atom stereocenters. The molecule has 7 heteroatoms. The molecule has 18 heavy (non-hydrogen) atoms.